The lowest BCUT2D eigenvalue weighted by Crippen LogP contribution is -2.48. The molecular weight excluding hydrogens is 300 g/mol. The maximum atomic E-state index is 12.3. The Hall–Kier alpha value is -2.05. The van der Waals surface area contributed by atoms with Gasteiger partial charge in [0.1, 0.15) is 6.61 Å². The Morgan fingerprint density at radius 2 is 1.43 bits per heavy atom. The van der Waals surface area contributed by atoms with Crippen LogP contribution >= 0.6 is 0 Å². The van der Waals surface area contributed by atoms with Crippen molar-refractivity contribution in [3.8, 4) is 0 Å². The fourth-order valence-corrected chi connectivity index (χ4v) is 1.98. The van der Waals surface area contributed by atoms with Crippen molar-refractivity contribution in [2.75, 3.05) is 32.8 Å². The van der Waals surface area contributed by atoms with Gasteiger partial charge in [0.2, 0.25) is 0 Å². The van der Waals surface area contributed by atoms with Crippen LogP contribution in [0.2, 0.25) is 0 Å². The van der Waals surface area contributed by atoms with Crippen LogP contribution in [0.5, 0.6) is 0 Å². The van der Waals surface area contributed by atoms with Crippen LogP contribution in [0.15, 0.2) is 12.2 Å². The summed E-state index contributed by atoms with van der Waals surface area (Å²) < 4.78 is 9.73. The van der Waals surface area contributed by atoms with E-state index in [0.29, 0.717) is 19.6 Å². The van der Waals surface area contributed by atoms with E-state index in [2.05, 4.69) is 4.74 Å². The Morgan fingerprint density at radius 1 is 0.913 bits per heavy atom. The summed E-state index contributed by atoms with van der Waals surface area (Å²) in [4.78, 5) is 38.4. The van der Waals surface area contributed by atoms with E-state index in [0.717, 1.165) is 12.2 Å². The molecule has 0 saturated carbocycles. The molecular formula is C16H28N2O5. The standard InChI is InChI=1S/C16H28N2O5/c1-6-17(7-2)16(21)18(8-3)13(5)12-23-15(20)11-10-14(19)22-9-4/h10-11,13H,6-9,12H2,1-5H3/b11-10+/t13-/m1/s1. The number of nitrogens with zero attached hydrogens (tertiary/aromatic N) is 2. The first-order valence-corrected chi connectivity index (χ1v) is 7.98. The van der Waals surface area contributed by atoms with Crippen LogP contribution in [0.1, 0.15) is 34.6 Å². The molecule has 0 spiro atoms. The highest BCUT2D eigenvalue weighted by Crippen LogP contribution is 2.06. The van der Waals surface area contributed by atoms with Crippen molar-refractivity contribution in [1.29, 1.82) is 0 Å². The molecule has 23 heavy (non-hydrogen) atoms. The topological polar surface area (TPSA) is 76.2 Å². The highest BCUT2D eigenvalue weighted by molar-refractivity contribution is 5.91. The van der Waals surface area contributed by atoms with Crippen LogP contribution in [0.3, 0.4) is 0 Å². The molecule has 0 fully saturated rings. The predicted molar refractivity (Wildman–Crippen MR) is 86.9 cm³/mol. The molecule has 0 unspecified atom stereocenters. The summed E-state index contributed by atoms with van der Waals surface area (Å²) in [6.45, 7) is 11.3. The lowest BCUT2D eigenvalue weighted by molar-refractivity contribution is -0.141. The molecule has 2 amide bonds. The summed E-state index contributed by atoms with van der Waals surface area (Å²) in [6, 6.07) is -0.337. The largest absolute Gasteiger partial charge is 0.463 e. The molecule has 0 aliphatic rings. The second-order valence-corrected chi connectivity index (χ2v) is 4.81. The van der Waals surface area contributed by atoms with Crippen molar-refractivity contribution in [3.05, 3.63) is 12.2 Å². The Kier molecular flexibility index (Phi) is 10.5. The van der Waals surface area contributed by atoms with E-state index in [1.807, 2.05) is 27.7 Å². The quantitative estimate of drug-likeness (QED) is 0.477. The van der Waals surface area contributed by atoms with Crippen LogP contribution in [-0.2, 0) is 19.1 Å². The first-order chi connectivity index (χ1) is 10.9. The van der Waals surface area contributed by atoms with Crippen LogP contribution in [-0.4, -0.2) is 66.7 Å². The van der Waals surface area contributed by atoms with E-state index in [1.165, 1.54) is 0 Å². The summed E-state index contributed by atoms with van der Waals surface area (Å²) in [5.74, 6) is -1.24. The normalized spacial score (nSPS) is 11.9. The number of hydrogen-bond donors (Lipinski definition) is 0. The van der Waals surface area contributed by atoms with E-state index < -0.39 is 11.9 Å². The van der Waals surface area contributed by atoms with Gasteiger partial charge in [-0.1, -0.05) is 0 Å². The zero-order valence-corrected chi connectivity index (χ0v) is 14.7. The van der Waals surface area contributed by atoms with Gasteiger partial charge in [-0.3, -0.25) is 0 Å². The van der Waals surface area contributed by atoms with Crippen molar-refractivity contribution in [1.82, 2.24) is 9.80 Å². The number of urea groups is 1. The second kappa shape index (κ2) is 11.5. The summed E-state index contributed by atoms with van der Waals surface area (Å²) in [5.41, 5.74) is 0. The highest BCUT2D eigenvalue weighted by Gasteiger charge is 2.23. The zero-order valence-electron chi connectivity index (χ0n) is 14.7. The van der Waals surface area contributed by atoms with Gasteiger partial charge in [0.15, 0.2) is 0 Å². The van der Waals surface area contributed by atoms with Gasteiger partial charge < -0.3 is 19.3 Å². The molecule has 0 heterocycles. The molecule has 0 aliphatic carbocycles. The van der Waals surface area contributed by atoms with Crippen molar-refractivity contribution in [2.24, 2.45) is 0 Å². The van der Waals surface area contributed by atoms with Crippen LogP contribution < -0.4 is 0 Å². The first kappa shape index (κ1) is 20.9. The number of carbonyl (C=O) groups excluding carboxylic acids is 3. The van der Waals surface area contributed by atoms with Gasteiger partial charge >= 0.3 is 18.0 Å². The van der Waals surface area contributed by atoms with Gasteiger partial charge in [-0.05, 0) is 34.6 Å². The van der Waals surface area contributed by atoms with E-state index in [-0.39, 0.29) is 25.3 Å². The molecule has 0 saturated heterocycles. The van der Waals surface area contributed by atoms with Crippen molar-refractivity contribution >= 4 is 18.0 Å². The minimum atomic E-state index is -0.642. The third-order valence-electron chi connectivity index (χ3n) is 3.26. The molecule has 0 aromatic carbocycles. The zero-order chi connectivity index (χ0) is 17.8. The van der Waals surface area contributed by atoms with E-state index >= 15 is 0 Å². The monoisotopic (exact) mass is 328 g/mol. The summed E-state index contributed by atoms with van der Waals surface area (Å²) in [6.07, 6.45) is 2.04. The number of esters is 2. The number of carbonyl (C=O) groups is 3. The molecule has 7 heteroatoms. The maximum Gasteiger partial charge on any atom is 0.331 e. The lowest BCUT2D eigenvalue weighted by Gasteiger charge is -2.32. The van der Waals surface area contributed by atoms with E-state index in [1.54, 1.807) is 16.7 Å². The van der Waals surface area contributed by atoms with Crippen molar-refractivity contribution in [2.45, 2.75) is 40.7 Å². The van der Waals surface area contributed by atoms with Crippen LogP contribution in [0.25, 0.3) is 0 Å². The maximum absolute atomic E-state index is 12.3. The van der Waals surface area contributed by atoms with Gasteiger partial charge in [0.05, 0.1) is 12.6 Å². The fourth-order valence-electron chi connectivity index (χ4n) is 1.98. The average molecular weight is 328 g/mol. The van der Waals surface area contributed by atoms with Crippen molar-refractivity contribution in [3.63, 3.8) is 0 Å². The van der Waals surface area contributed by atoms with Gasteiger partial charge in [-0.25, -0.2) is 14.4 Å². The molecule has 7 nitrogen and oxygen atoms in total. The molecule has 0 radical (unpaired) electrons. The number of rotatable bonds is 9. The summed E-state index contributed by atoms with van der Waals surface area (Å²) in [7, 11) is 0. The van der Waals surface area contributed by atoms with E-state index in [4.69, 9.17) is 4.74 Å². The number of ether oxygens (including phenoxy) is 2. The van der Waals surface area contributed by atoms with Gasteiger partial charge in [-0.2, -0.15) is 0 Å². The van der Waals surface area contributed by atoms with E-state index in [9.17, 15) is 14.4 Å². The Labute approximate surface area is 138 Å². The molecule has 132 valence electrons. The van der Waals surface area contributed by atoms with Crippen LogP contribution in [0, 0.1) is 0 Å². The molecule has 0 aliphatic heterocycles. The van der Waals surface area contributed by atoms with Gasteiger partial charge in [0.25, 0.3) is 0 Å². The summed E-state index contributed by atoms with van der Waals surface area (Å²) >= 11 is 0. The third-order valence-corrected chi connectivity index (χ3v) is 3.26. The molecule has 0 rings (SSSR count). The number of likely N-dealkylation sites (N-methyl/N-ethyl adjacent to an activating group) is 1. The smallest absolute Gasteiger partial charge is 0.331 e. The average Bonchev–Trinajstić information content (AvgIpc) is 2.53. The minimum Gasteiger partial charge on any atom is -0.463 e. The second-order valence-electron chi connectivity index (χ2n) is 4.81. The van der Waals surface area contributed by atoms with Gasteiger partial charge in [0, 0.05) is 31.8 Å². The third kappa shape index (κ3) is 7.67. The molecule has 0 aromatic rings. The predicted octanol–water partition coefficient (Wildman–Crippen LogP) is 1.82. The molecule has 0 bridgehead atoms. The highest BCUT2D eigenvalue weighted by atomic mass is 16.5. The number of hydrogen-bond acceptors (Lipinski definition) is 5. The number of amides is 2. The SMILES string of the molecule is CCOC(=O)/C=C/C(=O)OC[C@@H](C)N(CC)C(=O)N(CC)CC. The molecule has 1 atom stereocenters. The Bertz CT molecular complexity index is 419. The Balaban J connectivity index is 4.49. The van der Waals surface area contributed by atoms with Gasteiger partial charge in [-0.15, -0.1) is 0 Å². The fraction of sp³-hybridized carbons (Fsp3) is 0.688. The van der Waals surface area contributed by atoms with Crippen molar-refractivity contribution < 1.29 is 23.9 Å². The lowest BCUT2D eigenvalue weighted by atomic mass is 10.3. The first-order valence-electron chi connectivity index (χ1n) is 7.98. The minimum absolute atomic E-state index is 0.0623. The molecule has 0 N–H and O–H groups in total. The summed E-state index contributed by atoms with van der Waals surface area (Å²) in [5, 5.41) is 0. The van der Waals surface area contributed by atoms with Crippen LogP contribution in [0.4, 0.5) is 4.79 Å². The molecule has 0 aromatic heterocycles. The Morgan fingerprint density at radius 3 is 1.87 bits per heavy atom.